The van der Waals surface area contributed by atoms with Crippen molar-refractivity contribution in [2.45, 2.75) is 26.5 Å². The van der Waals surface area contributed by atoms with E-state index in [0.717, 1.165) is 5.56 Å². The minimum atomic E-state index is -0.906. The summed E-state index contributed by atoms with van der Waals surface area (Å²) in [5.41, 5.74) is 3.78. The van der Waals surface area contributed by atoms with Gasteiger partial charge in [0.2, 0.25) is 0 Å². The van der Waals surface area contributed by atoms with Crippen LogP contribution in [0.2, 0.25) is 10.0 Å². The summed E-state index contributed by atoms with van der Waals surface area (Å²) in [5, 5.41) is 7.62. The Balaban J connectivity index is 1.59. The number of carbonyl (C=O) groups is 2. The second-order valence-corrected chi connectivity index (χ2v) is 9.82. The zero-order valence-electron chi connectivity index (χ0n) is 19.4. The van der Waals surface area contributed by atoms with E-state index in [1.807, 2.05) is 0 Å². The van der Waals surface area contributed by atoms with Crippen molar-refractivity contribution in [2.24, 2.45) is 11.0 Å². The number of benzene rings is 3. The molecule has 0 spiro atoms. The quantitative estimate of drug-likeness (QED) is 0.223. The molecular weight excluding hydrogens is 572 g/mol. The van der Waals surface area contributed by atoms with E-state index < -0.39 is 23.7 Å². The fourth-order valence-electron chi connectivity index (χ4n) is 3.15. The summed E-state index contributed by atoms with van der Waals surface area (Å²) < 4.78 is 20.4. The normalized spacial score (nSPS) is 12.0. The SMILES string of the molecule is CC(C)C(NC(=O)c1ccccc1F)C(=O)NN=Cc1ccc(OCc2ccc(Cl)cc2Cl)c(Br)c1. The molecule has 3 aromatic rings. The van der Waals surface area contributed by atoms with Crippen molar-refractivity contribution >= 4 is 57.2 Å². The van der Waals surface area contributed by atoms with Crippen LogP contribution in [-0.2, 0) is 11.4 Å². The molecule has 0 heterocycles. The lowest BCUT2D eigenvalue weighted by Gasteiger charge is -2.20. The lowest BCUT2D eigenvalue weighted by atomic mass is 10.0. The molecule has 6 nitrogen and oxygen atoms in total. The van der Waals surface area contributed by atoms with Crippen LogP contribution >= 0.6 is 39.1 Å². The zero-order chi connectivity index (χ0) is 26.2. The molecule has 0 aliphatic rings. The first kappa shape index (κ1) is 27.6. The number of halogens is 4. The maximum atomic E-state index is 13.9. The maximum Gasteiger partial charge on any atom is 0.262 e. The van der Waals surface area contributed by atoms with E-state index >= 15 is 0 Å². The van der Waals surface area contributed by atoms with E-state index in [1.165, 1.54) is 24.4 Å². The molecule has 1 unspecified atom stereocenters. The van der Waals surface area contributed by atoms with Crippen molar-refractivity contribution in [3.63, 3.8) is 0 Å². The van der Waals surface area contributed by atoms with Gasteiger partial charge in [-0.1, -0.05) is 55.2 Å². The van der Waals surface area contributed by atoms with Crippen LogP contribution in [0.1, 0.15) is 35.3 Å². The second-order valence-electron chi connectivity index (χ2n) is 8.12. The van der Waals surface area contributed by atoms with Crippen molar-refractivity contribution in [3.05, 3.63) is 97.7 Å². The molecule has 0 saturated carbocycles. The molecule has 3 rings (SSSR count). The first-order chi connectivity index (χ1) is 17.2. The van der Waals surface area contributed by atoms with Gasteiger partial charge in [0.1, 0.15) is 24.2 Å². The average molecular weight is 595 g/mol. The molecular formula is C26H23BrCl2FN3O3. The number of rotatable bonds is 9. The molecule has 0 aliphatic carbocycles. The van der Waals surface area contributed by atoms with Crippen LogP contribution < -0.4 is 15.5 Å². The van der Waals surface area contributed by atoms with E-state index in [1.54, 1.807) is 56.3 Å². The van der Waals surface area contributed by atoms with Gasteiger partial charge in [0, 0.05) is 15.6 Å². The van der Waals surface area contributed by atoms with E-state index in [-0.39, 0.29) is 18.1 Å². The largest absolute Gasteiger partial charge is 0.488 e. The Morgan fingerprint density at radius 1 is 1.11 bits per heavy atom. The summed E-state index contributed by atoms with van der Waals surface area (Å²) in [6.45, 7) is 3.79. The molecule has 3 aromatic carbocycles. The minimum absolute atomic E-state index is 0.134. The van der Waals surface area contributed by atoms with E-state index in [9.17, 15) is 14.0 Å². The van der Waals surface area contributed by atoms with Gasteiger partial charge in [-0.2, -0.15) is 5.10 Å². The van der Waals surface area contributed by atoms with Gasteiger partial charge in [0.25, 0.3) is 11.8 Å². The molecule has 0 fully saturated rings. The lowest BCUT2D eigenvalue weighted by Crippen LogP contribution is -2.48. The summed E-state index contributed by atoms with van der Waals surface area (Å²) in [5.74, 6) is -1.52. The highest BCUT2D eigenvalue weighted by Crippen LogP contribution is 2.28. The molecule has 0 saturated heterocycles. The smallest absolute Gasteiger partial charge is 0.262 e. The number of nitrogens with zero attached hydrogens (tertiary/aromatic N) is 1. The standard InChI is InChI=1S/C26H23BrCl2FN3O3/c1-15(2)24(32-25(34)19-5-3-4-6-22(19)30)26(35)33-31-13-16-7-10-23(20(27)11-16)36-14-17-8-9-18(28)12-21(17)29/h3-13,15,24H,14H2,1-2H3,(H,32,34)(H,33,35). The van der Waals surface area contributed by atoms with Crippen LogP contribution in [0, 0.1) is 11.7 Å². The van der Waals surface area contributed by atoms with Crippen LogP contribution in [-0.4, -0.2) is 24.1 Å². The van der Waals surface area contributed by atoms with E-state index in [0.29, 0.717) is 25.8 Å². The van der Waals surface area contributed by atoms with Gasteiger partial charge in [0.15, 0.2) is 0 Å². The van der Waals surface area contributed by atoms with Gasteiger partial charge < -0.3 is 10.1 Å². The molecule has 36 heavy (non-hydrogen) atoms. The molecule has 188 valence electrons. The molecule has 0 aliphatic heterocycles. The fourth-order valence-corrected chi connectivity index (χ4v) is 4.12. The highest BCUT2D eigenvalue weighted by molar-refractivity contribution is 9.10. The molecule has 0 bridgehead atoms. The van der Waals surface area contributed by atoms with Crippen LogP contribution in [0.4, 0.5) is 4.39 Å². The molecule has 2 amide bonds. The third kappa shape index (κ3) is 7.53. The third-order valence-corrected chi connectivity index (χ3v) is 6.30. The number of nitrogens with one attached hydrogen (secondary N) is 2. The first-order valence-corrected chi connectivity index (χ1v) is 12.4. The maximum absolute atomic E-state index is 13.9. The molecule has 0 radical (unpaired) electrons. The molecule has 10 heteroatoms. The van der Waals surface area contributed by atoms with Gasteiger partial charge in [-0.25, -0.2) is 9.82 Å². The topological polar surface area (TPSA) is 79.8 Å². The summed E-state index contributed by atoms with van der Waals surface area (Å²) in [7, 11) is 0. The number of amides is 2. The van der Waals surface area contributed by atoms with Crippen molar-refractivity contribution in [1.29, 1.82) is 0 Å². The highest BCUT2D eigenvalue weighted by atomic mass is 79.9. The van der Waals surface area contributed by atoms with Gasteiger partial charge in [-0.05, 0) is 69.9 Å². The summed E-state index contributed by atoms with van der Waals surface area (Å²) in [6.07, 6.45) is 1.46. The summed E-state index contributed by atoms with van der Waals surface area (Å²) in [6, 6.07) is 15.1. The Morgan fingerprint density at radius 2 is 1.86 bits per heavy atom. The van der Waals surface area contributed by atoms with Gasteiger partial charge in [-0.15, -0.1) is 0 Å². The van der Waals surface area contributed by atoms with Crippen molar-refractivity contribution < 1.29 is 18.7 Å². The van der Waals surface area contributed by atoms with Crippen LogP contribution in [0.3, 0.4) is 0 Å². The molecule has 2 N–H and O–H groups in total. The van der Waals surface area contributed by atoms with Crippen molar-refractivity contribution in [2.75, 3.05) is 0 Å². The summed E-state index contributed by atoms with van der Waals surface area (Å²) >= 11 is 15.6. The monoisotopic (exact) mass is 593 g/mol. The van der Waals surface area contributed by atoms with Crippen molar-refractivity contribution in [1.82, 2.24) is 10.7 Å². The Morgan fingerprint density at radius 3 is 2.53 bits per heavy atom. The van der Waals surface area contributed by atoms with Gasteiger partial charge in [0.05, 0.1) is 16.3 Å². The minimum Gasteiger partial charge on any atom is -0.488 e. The Hall–Kier alpha value is -2.94. The fraction of sp³-hybridized carbons (Fsp3) is 0.192. The number of hydrogen-bond acceptors (Lipinski definition) is 4. The second kappa shape index (κ2) is 12.9. The van der Waals surface area contributed by atoms with Crippen LogP contribution in [0.5, 0.6) is 5.75 Å². The first-order valence-electron chi connectivity index (χ1n) is 10.9. The van der Waals surface area contributed by atoms with Crippen LogP contribution in [0.15, 0.2) is 70.2 Å². The molecule has 1 atom stereocenters. The number of hydrogen-bond donors (Lipinski definition) is 2. The number of hydrazone groups is 1. The Kier molecular flexibility index (Phi) is 9.87. The van der Waals surface area contributed by atoms with Gasteiger partial charge >= 0.3 is 0 Å². The lowest BCUT2D eigenvalue weighted by molar-refractivity contribution is -0.123. The number of ether oxygens (including phenoxy) is 1. The third-order valence-electron chi connectivity index (χ3n) is 5.10. The number of carbonyl (C=O) groups excluding carboxylic acids is 2. The average Bonchev–Trinajstić information content (AvgIpc) is 2.82. The van der Waals surface area contributed by atoms with E-state index in [2.05, 4.69) is 31.8 Å². The van der Waals surface area contributed by atoms with Gasteiger partial charge in [-0.3, -0.25) is 9.59 Å². The predicted octanol–water partition coefficient (Wildman–Crippen LogP) is 6.38. The Bertz CT molecular complexity index is 1290. The highest BCUT2D eigenvalue weighted by Gasteiger charge is 2.25. The van der Waals surface area contributed by atoms with Crippen molar-refractivity contribution in [3.8, 4) is 5.75 Å². The summed E-state index contributed by atoms with van der Waals surface area (Å²) in [4.78, 5) is 25.1. The molecule has 0 aromatic heterocycles. The van der Waals surface area contributed by atoms with Crippen LogP contribution in [0.25, 0.3) is 0 Å². The Labute approximate surface area is 227 Å². The van der Waals surface area contributed by atoms with E-state index in [4.69, 9.17) is 27.9 Å². The predicted molar refractivity (Wildman–Crippen MR) is 143 cm³/mol. The zero-order valence-corrected chi connectivity index (χ0v) is 22.5.